The third kappa shape index (κ3) is 3.10. The SMILES string of the molecule is Cn1ccnc(OCC2(N)CCCCCC2)c1=O. The van der Waals surface area contributed by atoms with Gasteiger partial charge in [-0.05, 0) is 12.8 Å². The van der Waals surface area contributed by atoms with Gasteiger partial charge in [0.15, 0.2) is 0 Å². The molecule has 1 aromatic heterocycles. The highest BCUT2D eigenvalue weighted by molar-refractivity contribution is 5.05. The normalized spacial score (nSPS) is 19.2. The Labute approximate surface area is 107 Å². The van der Waals surface area contributed by atoms with Gasteiger partial charge in [0.2, 0.25) is 0 Å². The van der Waals surface area contributed by atoms with Crippen LogP contribution in [0.2, 0.25) is 0 Å². The molecule has 1 saturated carbocycles. The first-order chi connectivity index (χ1) is 8.61. The summed E-state index contributed by atoms with van der Waals surface area (Å²) in [5.41, 5.74) is 5.81. The second kappa shape index (κ2) is 5.52. The summed E-state index contributed by atoms with van der Waals surface area (Å²) in [5.74, 6) is 0.147. The molecule has 1 aliphatic rings. The second-order valence-electron chi connectivity index (χ2n) is 5.21. The van der Waals surface area contributed by atoms with Gasteiger partial charge in [-0.2, -0.15) is 0 Å². The Morgan fingerprint density at radius 1 is 1.39 bits per heavy atom. The third-order valence-electron chi connectivity index (χ3n) is 3.58. The van der Waals surface area contributed by atoms with Crippen LogP contribution >= 0.6 is 0 Å². The molecule has 0 saturated heterocycles. The fourth-order valence-corrected chi connectivity index (χ4v) is 2.36. The highest BCUT2D eigenvalue weighted by atomic mass is 16.5. The van der Waals surface area contributed by atoms with E-state index in [1.807, 2.05) is 0 Å². The lowest BCUT2D eigenvalue weighted by atomic mass is 9.93. The smallest absolute Gasteiger partial charge is 0.313 e. The minimum Gasteiger partial charge on any atom is -0.472 e. The number of hydrogen-bond acceptors (Lipinski definition) is 4. The first-order valence-electron chi connectivity index (χ1n) is 6.54. The molecular weight excluding hydrogens is 230 g/mol. The molecule has 0 amide bonds. The maximum Gasteiger partial charge on any atom is 0.313 e. The summed E-state index contributed by atoms with van der Waals surface area (Å²) in [6.07, 6.45) is 9.85. The van der Waals surface area contributed by atoms with E-state index in [1.54, 1.807) is 19.4 Å². The van der Waals surface area contributed by atoms with Crippen molar-refractivity contribution < 1.29 is 4.74 Å². The van der Waals surface area contributed by atoms with E-state index in [2.05, 4.69) is 4.98 Å². The van der Waals surface area contributed by atoms with Crippen molar-refractivity contribution in [3.8, 4) is 5.88 Å². The summed E-state index contributed by atoms with van der Waals surface area (Å²) in [5, 5.41) is 0. The summed E-state index contributed by atoms with van der Waals surface area (Å²) in [6, 6.07) is 0. The van der Waals surface area contributed by atoms with E-state index < -0.39 is 0 Å². The Bertz CT molecular complexity index is 448. The maximum atomic E-state index is 11.7. The Morgan fingerprint density at radius 2 is 2.06 bits per heavy atom. The van der Waals surface area contributed by atoms with Crippen LogP contribution in [0.1, 0.15) is 38.5 Å². The van der Waals surface area contributed by atoms with Gasteiger partial charge in [-0.15, -0.1) is 0 Å². The monoisotopic (exact) mass is 251 g/mol. The number of hydrogen-bond donors (Lipinski definition) is 1. The van der Waals surface area contributed by atoms with E-state index in [-0.39, 0.29) is 17.0 Å². The van der Waals surface area contributed by atoms with Gasteiger partial charge in [0, 0.05) is 19.4 Å². The van der Waals surface area contributed by atoms with E-state index in [9.17, 15) is 4.79 Å². The van der Waals surface area contributed by atoms with Crippen LogP contribution in [0.25, 0.3) is 0 Å². The first-order valence-corrected chi connectivity index (χ1v) is 6.54. The van der Waals surface area contributed by atoms with Gasteiger partial charge >= 0.3 is 5.56 Å². The predicted octanol–water partition coefficient (Wildman–Crippen LogP) is 1.21. The van der Waals surface area contributed by atoms with Gasteiger partial charge in [0.1, 0.15) is 6.61 Å². The molecular formula is C13H21N3O2. The van der Waals surface area contributed by atoms with E-state index in [0.717, 1.165) is 25.7 Å². The molecule has 2 rings (SSSR count). The summed E-state index contributed by atoms with van der Waals surface area (Å²) in [4.78, 5) is 15.7. The first kappa shape index (κ1) is 13.1. The van der Waals surface area contributed by atoms with Crippen LogP contribution < -0.4 is 16.0 Å². The molecule has 5 nitrogen and oxygen atoms in total. The molecule has 1 aromatic rings. The van der Waals surface area contributed by atoms with Gasteiger partial charge in [-0.1, -0.05) is 25.7 Å². The molecule has 0 spiro atoms. The Kier molecular flexibility index (Phi) is 4.01. The lowest BCUT2D eigenvalue weighted by molar-refractivity contribution is 0.190. The van der Waals surface area contributed by atoms with E-state index in [4.69, 9.17) is 10.5 Å². The molecule has 0 aliphatic heterocycles. The van der Waals surface area contributed by atoms with Crippen molar-refractivity contribution >= 4 is 0 Å². The van der Waals surface area contributed by atoms with Gasteiger partial charge in [-0.3, -0.25) is 4.79 Å². The van der Waals surface area contributed by atoms with Crippen molar-refractivity contribution in [2.45, 2.75) is 44.1 Å². The number of nitrogens with zero attached hydrogens (tertiary/aromatic N) is 2. The second-order valence-corrected chi connectivity index (χ2v) is 5.21. The molecule has 100 valence electrons. The van der Waals surface area contributed by atoms with Crippen LogP contribution in [-0.2, 0) is 7.05 Å². The lowest BCUT2D eigenvalue weighted by Gasteiger charge is -2.27. The number of aryl methyl sites for hydroxylation is 1. The molecule has 1 fully saturated rings. The Balaban J connectivity index is 2.02. The topological polar surface area (TPSA) is 70.1 Å². The maximum absolute atomic E-state index is 11.7. The standard InChI is InChI=1S/C13H21N3O2/c1-16-9-8-15-11(12(16)17)18-10-13(14)6-4-2-3-5-7-13/h8-9H,2-7,10,14H2,1H3. The van der Waals surface area contributed by atoms with Crippen molar-refractivity contribution in [1.29, 1.82) is 0 Å². The molecule has 0 aromatic carbocycles. The van der Waals surface area contributed by atoms with Crippen molar-refractivity contribution in [3.05, 3.63) is 22.7 Å². The van der Waals surface area contributed by atoms with Crippen molar-refractivity contribution in [3.63, 3.8) is 0 Å². The molecule has 0 bridgehead atoms. The molecule has 1 heterocycles. The highest BCUT2D eigenvalue weighted by Gasteiger charge is 2.27. The predicted molar refractivity (Wildman–Crippen MR) is 69.6 cm³/mol. The number of rotatable bonds is 3. The molecule has 0 unspecified atom stereocenters. The fraction of sp³-hybridized carbons (Fsp3) is 0.692. The van der Waals surface area contributed by atoms with E-state index in [1.165, 1.54) is 17.4 Å². The number of nitrogens with two attached hydrogens (primary N) is 1. The minimum atomic E-state index is -0.307. The summed E-state index contributed by atoms with van der Waals surface area (Å²) < 4.78 is 7.00. The molecule has 0 radical (unpaired) electrons. The van der Waals surface area contributed by atoms with Crippen molar-refractivity contribution in [2.24, 2.45) is 12.8 Å². The lowest BCUT2D eigenvalue weighted by Crippen LogP contribution is -2.45. The molecule has 1 aliphatic carbocycles. The van der Waals surface area contributed by atoms with Gasteiger partial charge in [-0.25, -0.2) is 4.98 Å². The third-order valence-corrected chi connectivity index (χ3v) is 3.58. The van der Waals surface area contributed by atoms with Gasteiger partial charge in [0.25, 0.3) is 5.88 Å². The molecule has 5 heteroatoms. The van der Waals surface area contributed by atoms with Crippen molar-refractivity contribution in [2.75, 3.05) is 6.61 Å². The van der Waals surface area contributed by atoms with Crippen LogP contribution in [0.3, 0.4) is 0 Å². The molecule has 2 N–H and O–H groups in total. The average Bonchev–Trinajstić information content (AvgIpc) is 2.57. The number of ether oxygens (including phenoxy) is 1. The summed E-state index contributed by atoms with van der Waals surface area (Å²) in [6.45, 7) is 0.374. The van der Waals surface area contributed by atoms with Gasteiger partial charge in [0.05, 0.1) is 5.54 Å². The molecule has 18 heavy (non-hydrogen) atoms. The highest BCUT2D eigenvalue weighted by Crippen LogP contribution is 2.25. The van der Waals surface area contributed by atoms with Crippen LogP contribution in [-0.4, -0.2) is 21.7 Å². The van der Waals surface area contributed by atoms with Gasteiger partial charge < -0.3 is 15.0 Å². The Morgan fingerprint density at radius 3 is 2.72 bits per heavy atom. The quantitative estimate of drug-likeness (QED) is 0.820. The molecule has 0 atom stereocenters. The van der Waals surface area contributed by atoms with E-state index >= 15 is 0 Å². The number of aromatic nitrogens is 2. The summed E-state index contributed by atoms with van der Waals surface area (Å²) >= 11 is 0. The Hall–Kier alpha value is -1.36. The van der Waals surface area contributed by atoms with Crippen LogP contribution in [0, 0.1) is 0 Å². The average molecular weight is 251 g/mol. The fourth-order valence-electron chi connectivity index (χ4n) is 2.36. The zero-order valence-corrected chi connectivity index (χ0v) is 10.9. The zero-order valence-electron chi connectivity index (χ0n) is 10.9. The van der Waals surface area contributed by atoms with Crippen molar-refractivity contribution in [1.82, 2.24) is 9.55 Å². The van der Waals surface area contributed by atoms with Crippen LogP contribution in [0.15, 0.2) is 17.2 Å². The largest absolute Gasteiger partial charge is 0.472 e. The van der Waals surface area contributed by atoms with Crippen LogP contribution in [0.4, 0.5) is 0 Å². The van der Waals surface area contributed by atoms with Crippen LogP contribution in [0.5, 0.6) is 5.88 Å². The minimum absolute atomic E-state index is 0.147. The van der Waals surface area contributed by atoms with E-state index in [0.29, 0.717) is 6.61 Å². The summed E-state index contributed by atoms with van der Waals surface area (Å²) in [7, 11) is 1.68. The zero-order chi connectivity index (χ0) is 13.0.